The first-order chi connectivity index (χ1) is 12.4. The Morgan fingerprint density at radius 1 is 1.15 bits per heavy atom. The lowest BCUT2D eigenvalue weighted by Crippen LogP contribution is -2.58. The zero-order valence-corrected chi connectivity index (χ0v) is 15.9. The minimum atomic E-state index is -1.12. The predicted octanol–water partition coefficient (Wildman–Crippen LogP) is 4.07. The number of thiocarbonyl (C=S) groups is 1. The van der Waals surface area contributed by atoms with Crippen LogP contribution in [0, 0.1) is 12.8 Å². The number of hydrogen-bond donors (Lipinski definition) is 1. The average Bonchev–Trinajstić information content (AvgIpc) is 2.57. The van der Waals surface area contributed by atoms with E-state index in [1.54, 1.807) is 24.3 Å². The zero-order valence-electron chi connectivity index (χ0n) is 13.6. The van der Waals surface area contributed by atoms with Gasteiger partial charge in [-0.3, -0.25) is 19.5 Å². The van der Waals surface area contributed by atoms with Gasteiger partial charge in [0, 0.05) is 11.2 Å². The van der Waals surface area contributed by atoms with Gasteiger partial charge in [0.25, 0.3) is 5.91 Å². The monoisotopic (exact) mass is 405 g/mol. The first-order valence-corrected chi connectivity index (χ1v) is 8.78. The molecule has 1 heterocycles. The Balaban J connectivity index is 1.90. The first kappa shape index (κ1) is 18.5. The number of nitrogens with zero attached hydrogens (tertiary/aromatic N) is 2. The fourth-order valence-corrected chi connectivity index (χ4v) is 3.15. The number of rotatable bonds is 3. The molecule has 0 bridgehead atoms. The van der Waals surface area contributed by atoms with E-state index in [4.69, 9.17) is 35.4 Å². The summed E-state index contributed by atoms with van der Waals surface area (Å²) >= 11 is 17.1. The van der Waals surface area contributed by atoms with Crippen LogP contribution in [0.1, 0.15) is 5.56 Å². The molecule has 26 heavy (non-hydrogen) atoms. The summed E-state index contributed by atoms with van der Waals surface area (Å²) in [4.78, 5) is 30.5. The van der Waals surface area contributed by atoms with Crippen molar-refractivity contribution in [2.45, 2.75) is 6.92 Å². The van der Waals surface area contributed by atoms with Gasteiger partial charge in [-0.05, 0) is 49.5 Å². The maximum atomic E-state index is 12.8. The van der Waals surface area contributed by atoms with Gasteiger partial charge in [0.2, 0.25) is 5.91 Å². The van der Waals surface area contributed by atoms with Crippen LogP contribution < -0.4 is 10.2 Å². The standard InChI is InChI=1S/C18H13Cl2N3O2S/c1-10-2-5-12(6-3-10)23-17(25)13(16(24)22-18(23)26)9-21-15-7-4-11(19)8-14(15)20/h2-9,13H,1H3,(H,22,24,26)/t13-/m0/s1. The first-order valence-electron chi connectivity index (χ1n) is 7.61. The SMILES string of the molecule is Cc1ccc(N2C(=O)[C@@H](C=Nc3ccc(Cl)cc3Cl)C(=O)NC2=S)cc1. The Labute approximate surface area is 165 Å². The number of carbonyl (C=O) groups is 2. The lowest BCUT2D eigenvalue weighted by atomic mass is 10.1. The largest absolute Gasteiger partial charge is 0.301 e. The topological polar surface area (TPSA) is 61.8 Å². The van der Waals surface area contributed by atoms with E-state index in [2.05, 4.69) is 10.3 Å². The highest BCUT2D eigenvalue weighted by molar-refractivity contribution is 7.80. The number of amides is 2. The third-order valence-electron chi connectivity index (χ3n) is 3.77. The van der Waals surface area contributed by atoms with Crippen LogP contribution in [0.15, 0.2) is 47.5 Å². The van der Waals surface area contributed by atoms with Gasteiger partial charge in [-0.15, -0.1) is 0 Å². The molecule has 0 saturated carbocycles. The molecule has 0 spiro atoms. The van der Waals surface area contributed by atoms with Gasteiger partial charge < -0.3 is 5.32 Å². The predicted molar refractivity (Wildman–Crippen MR) is 108 cm³/mol. The van der Waals surface area contributed by atoms with Crippen LogP contribution in [0.5, 0.6) is 0 Å². The Morgan fingerprint density at radius 2 is 1.85 bits per heavy atom. The van der Waals surface area contributed by atoms with Crippen LogP contribution in [-0.2, 0) is 9.59 Å². The summed E-state index contributed by atoms with van der Waals surface area (Å²) in [6.07, 6.45) is 1.26. The quantitative estimate of drug-likeness (QED) is 0.475. The van der Waals surface area contributed by atoms with Gasteiger partial charge >= 0.3 is 0 Å². The minimum Gasteiger partial charge on any atom is -0.301 e. The number of carbonyl (C=O) groups excluding carboxylic acids is 2. The van der Waals surface area contributed by atoms with Crippen LogP contribution in [0.3, 0.4) is 0 Å². The fourth-order valence-electron chi connectivity index (χ4n) is 2.40. The summed E-state index contributed by atoms with van der Waals surface area (Å²) in [6, 6.07) is 12.0. The molecule has 1 aliphatic rings. The molecule has 1 atom stereocenters. The molecule has 0 unspecified atom stereocenters. The van der Waals surface area contributed by atoms with Gasteiger partial charge in [0.05, 0.1) is 16.4 Å². The van der Waals surface area contributed by atoms with Crippen molar-refractivity contribution >= 4 is 69.9 Å². The van der Waals surface area contributed by atoms with E-state index < -0.39 is 17.7 Å². The number of anilines is 1. The molecule has 132 valence electrons. The third-order valence-corrected chi connectivity index (χ3v) is 4.59. The molecule has 1 fully saturated rings. The van der Waals surface area contributed by atoms with Crippen molar-refractivity contribution in [1.29, 1.82) is 0 Å². The van der Waals surface area contributed by atoms with E-state index in [1.165, 1.54) is 17.2 Å². The van der Waals surface area contributed by atoms with E-state index in [1.807, 2.05) is 19.1 Å². The second-order valence-corrected chi connectivity index (χ2v) is 6.89. The van der Waals surface area contributed by atoms with E-state index in [0.29, 0.717) is 21.4 Å². The summed E-state index contributed by atoms with van der Waals surface area (Å²) in [5.74, 6) is -2.12. The van der Waals surface area contributed by atoms with Crippen molar-refractivity contribution in [2.24, 2.45) is 10.9 Å². The summed E-state index contributed by atoms with van der Waals surface area (Å²) in [7, 11) is 0. The van der Waals surface area contributed by atoms with E-state index in [-0.39, 0.29) is 5.11 Å². The van der Waals surface area contributed by atoms with Gasteiger partial charge in [-0.2, -0.15) is 0 Å². The molecule has 2 amide bonds. The van der Waals surface area contributed by atoms with E-state index >= 15 is 0 Å². The van der Waals surface area contributed by atoms with E-state index in [9.17, 15) is 9.59 Å². The molecule has 1 saturated heterocycles. The second kappa shape index (κ2) is 7.53. The average molecular weight is 406 g/mol. The van der Waals surface area contributed by atoms with Crippen molar-refractivity contribution in [3.05, 3.63) is 58.1 Å². The van der Waals surface area contributed by atoms with Gasteiger partial charge in [-0.25, -0.2) is 0 Å². The van der Waals surface area contributed by atoms with Crippen molar-refractivity contribution in [2.75, 3.05) is 4.90 Å². The molecule has 1 N–H and O–H groups in total. The highest BCUT2D eigenvalue weighted by Gasteiger charge is 2.38. The highest BCUT2D eigenvalue weighted by Crippen LogP contribution is 2.28. The van der Waals surface area contributed by atoms with Gasteiger partial charge in [0.1, 0.15) is 0 Å². The third kappa shape index (κ3) is 3.77. The molecule has 2 aromatic rings. The van der Waals surface area contributed by atoms with Crippen molar-refractivity contribution in [1.82, 2.24) is 5.32 Å². The highest BCUT2D eigenvalue weighted by atomic mass is 35.5. The molecule has 1 aliphatic heterocycles. The zero-order chi connectivity index (χ0) is 18.8. The van der Waals surface area contributed by atoms with Gasteiger partial charge in [0.15, 0.2) is 11.0 Å². The molecule has 0 aromatic heterocycles. The van der Waals surface area contributed by atoms with Crippen molar-refractivity contribution in [3.8, 4) is 0 Å². The normalized spacial score (nSPS) is 17.7. The molecular weight excluding hydrogens is 393 g/mol. The molecular formula is C18H13Cl2N3O2S. The van der Waals surface area contributed by atoms with Crippen molar-refractivity contribution < 1.29 is 9.59 Å². The van der Waals surface area contributed by atoms with Crippen LogP contribution in [-0.4, -0.2) is 23.1 Å². The fraction of sp³-hybridized carbons (Fsp3) is 0.111. The summed E-state index contributed by atoms with van der Waals surface area (Å²) < 4.78 is 0. The molecule has 0 aliphatic carbocycles. The lowest BCUT2D eigenvalue weighted by molar-refractivity contribution is -0.130. The molecule has 0 radical (unpaired) electrons. The number of aliphatic imine (C=N–C) groups is 1. The Bertz CT molecular complexity index is 929. The van der Waals surface area contributed by atoms with Crippen LogP contribution in [0.4, 0.5) is 11.4 Å². The summed E-state index contributed by atoms with van der Waals surface area (Å²) in [6.45, 7) is 1.94. The van der Waals surface area contributed by atoms with Gasteiger partial charge in [-0.1, -0.05) is 40.9 Å². The second-order valence-electron chi connectivity index (χ2n) is 5.66. The molecule has 2 aromatic carbocycles. The number of hydrogen-bond acceptors (Lipinski definition) is 4. The Morgan fingerprint density at radius 3 is 2.50 bits per heavy atom. The Kier molecular flexibility index (Phi) is 5.36. The summed E-state index contributed by atoms with van der Waals surface area (Å²) in [5, 5.41) is 3.37. The smallest absolute Gasteiger partial charge is 0.251 e. The van der Waals surface area contributed by atoms with E-state index in [0.717, 1.165) is 5.56 Å². The maximum Gasteiger partial charge on any atom is 0.251 e. The minimum absolute atomic E-state index is 0.0398. The Hall–Kier alpha value is -2.28. The van der Waals surface area contributed by atoms with Crippen LogP contribution in [0.25, 0.3) is 0 Å². The van der Waals surface area contributed by atoms with Crippen molar-refractivity contribution in [3.63, 3.8) is 0 Å². The van der Waals surface area contributed by atoms with Crippen LogP contribution >= 0.6 is 35.4 Å². The molecule has 8 heteroatoms. The van der Waals surface area contributed by atoms with Crippen LogP contribution in [0.2, 0.25) is 10.0 Å². The number of nitrogens with one attached hydrogen (secondary N) is 1. The molecule has 5 nitrogen and oxygen atoms in total. The number of halogens is 2. The maximum absolute atomic E-state index is 12.8. The summed E-state index contributed by atoms with van der Waals surface area (Å²) in [5.41, 5.74) is 2.03. The number of benzene rings is 2. The lowest BCUT2D eigenvalue weighted by Gasteiger charge is -2.30. The number of aryl methyl sites for hydroxylation is 1. The molecule has 3 rings (SSSR count).